The molecule has 0 radical (unpaired) electrons. The van der Waals surface area contributed by atoms with E-state index in [-0.39, 0.29) is 0 Å². The molecule has 1 fully saturated rings. The van der Waals surface area contributed by atoms with Gasteiger partial charge in [0.15, 0.2) is 0 Å². The van der Waals surface area contributed by atoms with Gasteiger partial charge in [0.25, 0.3) is 0 Å². The Kier molecular flexibility index (Phi) is 5.55. The van der Waals surface area contributed by atoms with E-state index in [1.807, 2.05) is 6.20 Å². The molecule has 106 valence electrons. The summed E-state index contributed by atoms with van der Waals surface area (Å²) in [6, 6.07) is 1.02. The van der Waals surface area contributed by atoms with E-state index in [1.54, 1.807) is 11.3 Å². The number of hydrogen-bond acceptors (Lipinski definition) is 4. The Morgan fingerprint density at radius 2 is 2.26 bits per heavy atom. The lowest BCUT2D eigenvalue weighted by Crippen LogP contribution is -2.43. The fraction of sp³-hybridized carbons (Fsp3) is 0.667. The highest BCUT2D eigenvalue weighted by molar-refractivity contribution is 7.09. The van der Waals surface area contributed by atoms with Crippen LogP contribution in [0.2, 0.25) is 0 Å². The van der Waals surface area contributed by atoms with Crippen molar-refractivity contribution in [2.45, 2.75) is 45.7 Å². The van der Waals surface area contributed by atoms with Crippen LogP contribution in [0.3, 0.4) is 0 Å². The van der Waals surface area contributed by atoms with Crippen LogP contribution in [0.1, 0.15) is 44.7 Å². The highest BCUT2D eigenvalue weighted by atomic mass is 32.1. The summed E-state index contributed by atoms with van der Waals surface area (Å²) in [6.45, 7) is 10.1. The summed E-state index contributed by atoms with van der Waals surface area (Å²) in [6.07, 6.45) is 6.70. The van der Waals surface area contributed by atoms with Gasteiger partial charge in [0.05, 0.1) is 6.04 Å². The second-order valence-corrected chi connectivity index (χ2v) is 6.54. The number of nitrogens with zero attached hydrogens (tertiary/aromatic N) is 2. The van der Waals surface area contributed by atoms with Crippen molar-refractivity contribution >= 4 is 11.3 Å². The molecule has 0 amide bonds. The Morgan fingerprint density at radius 1 is 1.53 bits per heavy atom. The molecule has 1 unspecified atom stereocenters. The maximum atomic E-state index is 4.38. The summed E-state index contributed by atoms with van der Waals surface area (Å²) in [5.41, 5.74) is 1.41. The third-order valence-electron chi connectivity index (χ3n) is 3.65. The standard InChI is InChI=1S/C15H25N3S/c1-12(2)4-8-18-9-5-14(6-10-18)17-13(3)15-16-7-11-19-15/h4,7,11,13-14,17H,5-6,8-10H2,1-3H3. The van der Waals surface area contributed by atoms with E-state index in [4.69, 9.17) is 0 Å². The van der Waals surface area contributed by atoms with Gasteiger partial charge in [0.1, 0.15) is 5.01 Å². The predicted molar refractivity (Wildman–Crippen MR) is 82.6 cm³/mol. The fourth-order valence-electron chi connectivity index (χ4n) is 2.47. The molecule has 0 aromatic carbocycles. The number of allylic oxidation sites excluding steroid dienone is 1. The van der Waals surface area contributed by atoms with Gasteiger partial charge < -0.3 is 5.32 Å². The number of rotatable bonds is 5. The van der Waals surface area contributed by atoms with Gasteiger partial charge in [-0.05, 0) is 46.7 Å². The fourth-order valence-corrected chi connectivity index (χ4v) is 3.12. The molecule has 2 heterocycles. The molecule has 4 heteroatoms. The number of thiazole rings is 1. The number of likely N-dealkylation sites (tertiary alicyclic amines) is 1. The number of aromatic nitrogens is 1. The van der Waals surface area contributed by atoms with Gasteiger partial charge in [-0.1, -0.05) is 11.6 Å². The van der Waals surface area contributed by atoms with E-state index < -0.39 is 0 Å². The number of nitrogens with one attached hydrogen (secondary N) is 1. The number of hydrogen-bond donors (Lipinski definition) is 1. The zero-order valence-electron chi connectivity index (χ0n) is 12.2. The monoisotopic (exact) mass is 279 g/mol. The molecular weight excluding hydrogens is 254 g/mol. The highest BCUT2D eigenvalue weighted by Gasteiger charge is 2.20. The van der Waals surface area contributed by atoms with Crippen LogP contribution in [0, 0.1) is 0 Å². The molecule has 1 aromatic rings. The minimum Gasteiger partial charge on any atom is -0.305 e. The van der Waals surface area contributed by atoms with E-state index in [2.05, 4.69) is 47.4 Å². The minimum atomic E-state index is 0.384. The maximum Gasteiger partial charge on any atom is 0.109 e. The molecule has 1 aliphatic heterocycles. The summed E-state index contributed by atoms with van der Waals surface area (Å²) in [5.74, 6) is 0. The van der Waals surface area contributed by atoms with Crippen molar-refractivity contribution in [1.29, 1.82) is 0 Å². The minimum absolute atomic E-state index is 0.384. The first-order chi connectivity index (χ1) is 9.15. The van der Waals surface area contributed by atoms with Gasteiger partial charge in [-0.2, -0.15) is 0 Å². The first kappa shape index (κ1) is 14.7. The Bertz CT molecular complexity index is 388. The first-order valence-electron chi connectivity index (χ1n) is 7.16. The van der Waals surface area contributed by atoms with Crippen LogP contribution in [-0.4, -0.2) is 35.6 Å². The lowest BCUT2D eigenvalue weighted by molar-refractivity contribution is 0.208. The lowest BCUT2D eigenvalue weighted by Gasteiger charge is -2.33. The Balaban J connectivity index is 1.73. The SMILES string of the molecule is CC(C)=CCN1CCC(NC(C)c2nccs2)CC1. The van der Waals surface area contributed by atoms with Crippen molar-refractivity contribution in [3.8, 4) is 0 Å². The summed E-state index contributed by atoms with van der Waals surface area (Å²) in [5, 5.41) is 6.96. The molecule has 19 heavy (non-hydrogen) atoms. The van der Waals surface area contributed by atoms with Crippen molar-refractivity contribution in [2.75, 3.05) is 19.6 Å². The molecule has 0 aliphatic carbocycles. The molecule has 3 nitrogen and oxygen atoms in total. The summed E-state index contributed by atoms with van der Waals surface area (Å²) < 4.78 is 0. The van der Waals surface area contributed by atoms with Crippen molar-refractivity contribution in [1.82, 2.24) is 15.2 Å². The lowest BCUT2D eigenvalue weighted by atomic mass is 10.0. The van der Waals surface area contributed by atoms with Gasteiger partial charge in [-0.15, -0.1) is 11.3 Å². The molecule has 2 rings (SSSR count). The summed E-state index contributed by atoms with van der Waals surface area (Å²) in [7, 11) is 0. The van der Waals surface area contributed by atoms with Crippen LogP contribution in [-0.2, 0) is 0 Å². The van der Waals surface area contributed by atoms with Gasteiger partial charge in [-0.25, -0.2) is 4.98 Å². The maximum absolute atomic E-state index is 4.38. The molecule has 0 bridgehead atoms. The van der Waals surface area contributed by atoms with Crippen LogP contribution in [0.15, 0.2) is 23.2 Å². The third-order valence-corrected chi connectivity index (χ3v) is 4.61. The first-order valence-corrected chi connectivity index (χ1v) is 8.04. The Morgan fingerprint density at radius 3 is 2.84 bits per heavy atom. The molecule has 1 N–H and O–H groups in total. The zero-order chi connectivity index (χ0) is 13.7. The van der Waals surface area contributed by atoms with Crippen LogP contribution in [0.5, 0.6) is 0 Å². The molecule has 0 spiro atoms. The second kappa shape index (κ2) is 7.17. The van der Waals surface area contributed by atoms with Crippen molar-refractivity contribution in [3.63, 3.8) is 0 Å². The molecule has 0 saturated carbocycles. The Hall–Kier alpha value is -0.710. The van der Waals surface area contributed by atoms with E-state index >= 15 is 0 Å². The predicted octanol–water partition coefficient (Wildman–Crippen LogP) is 3.22. The average molecular weight is 279 g/mol. The van der Waals surface area contributed by atoms with E-state index in [0.29, 0.717) is 12.1 Å². The zero-order valence-corrected chi connectivity index (χ0v) is 13.0. The topological polar surface area (TPSA) is 28.2 Å². The van der Waals surface area contributed by atoms with E-state index in [1.165, 1.54) is 36.5 Å². The van der Waals surface area contributed by atoms with Crippen molar-refractivity contribution < 1.29 is 0 Å². The van der Waals surface area contributed by atoms with Gasteiger partial charge in [-0.3, -0.25) is 4.90 Å². The number of piperidine rings is 1. The van der Waals surface area contributed by atoms with Crippen molar-refractivity contribution in [3.05, 3.63) is 28.2 Å². The molecule has 1 atom stereocenters. The second-order valence-electron chi connectivity index (χ2n) is 5.62. The van der Waals surface area contributed by atoms with Crippen molar-refractivity contribution in [2.24, 2.45) is 0 Å². The van der Waals surface area contributed by atoms with Crippen LogP contribution in [0.4, 0.5) is 0 Å². The quantitative estimate of drug-likeness (QED) is 0.839. The third kappa shape index (κ3) is 4.71. The van der Waals surface area contributed by atoms with Gasteiger partial charge in [0.2, 0.25) is 0 Å². The van der Waals surface area contributed by atoms with Crippen LogP contribution >= 0.6 is 11.3 Å². The average Bonchev–Trinajstić information content (AvgIpc) is 2.92. The molecule has 1 saturated heterocycles. The summed E-state index contributed by atoms with van der Waals surface area (Å²) >= 11 is 1.74. The smallest absolute Gasteiger partial charge is 0.109 e. The van der Waals surface area contributed by atoms with Crippen LogP contribution in [0.25, 0.3) is 0 Å². The molecular formula is C15H25N3S. The normalized spacial score (nSPS) is 19.3. The summed E-state index contributed by atoms with van der Waals surface area (Å²) in [4.78, 5) is 6.92. The molecule has 1 aliphatic rings. The van der Waals surface area contributed by atoms with E-state index in [9.17, 15) is 0 Å². The van der Waals surface area contributed by atoms with Crippen LogP contribution < -0.4 is 5.32 Å². The highest BCUT2D eigenvalue weighted by Crippen LogP contribution is 2.19. The largest absolute Gasteiger partial charge is 0.305 e. The van der Waals surface area contributed by atoms with Gasteiger partial charge >= 0.3 is 0 Å². The van der Waals surface area contributed by atoms with E-state index in [0.717, 1.165) is 6.54 Å². The molecule has 1 aromatic heterocycles. The Labute approximate surface area is 120 Å². The van der Waals surface area contributed by atoms with Gasteiger partial charge in [0, 0.05) is 24.2 Å².